The van der Waals surface area contributed by atoms with Gasteiger partial charge >= 0.3 is 0 Å². The molecule has 1 aliphatic carbocycles. The van der Waals surface area contributed by atoms with Crippen molar-refractivity contribution in [2.75, 3.05) is 6.54 Å². The molecule has 0 radical (unpaired) electrons. The summed E-state index contributed by atoms with van der Waals surface area (Å²) in [4.78, 5) is 12.0. The van der Waals surface area contributed by atoms with E-state index in [2.05, 4.69) is 19.2 Å². The van der Waals surface area contributed by atoms with Crippen molar-refractivity contribution >= 4 is 5.91 Å². The Labute approximate surface area is 112 Å². The van der Waals surface area contributed by atoms with E-state index >= 15 is 0 Å². The van der Waals surface area contributed by atoms with Crippen molar-refractivity contribution in [3.8, 4) is 0 Å². The van der Waals surface area contributed by atoms with Crippen LogP contribution < -0.4 is 11.1 Å². The molecule has 0 aliphatic heterocycles. The maximum absolute atomic E-state index is 12.0. The minimum Gasteiger partial charge on any atom is -0.354 e. The number of nitrogens with two attached hydrogens (primary N) is 1. The minimum absolute atomic E-state index is 0.106. The van der Waals surface area contributed by atoms with Gasteiger partial charge in [-0.15, -0.1) is 0 Å². The van der Waals surface area contributed by atoms with Crippen LogP contribution in [0.2, 0.25) is 0 Å². The third-order valence-corrected chi connectivity index (χ3v) is 4.25. The summed E-state index contributed by atoms with van der Waals surface area (Å²) in [6, 6.07) is 0.106. The number of amides is 1. The van der Waals surface area contributed by atoms with Gasteiger partial charge in [0.1, 0.15) is 0 Å². The Morgan fingerprint density at radius 3 is 2.50 bits per heavy atom. The number of carbonyl (C=O) groups excluding carboxylic acids is 1. The largest absolute Gasteiger partial charge is 0.354 e. The topological polar surface area (TPSA) is 55.1 Å². The van der Waals surface area contributed by atoms with Gasteiger partial charge in [0.2, 0.25) is 5.91 Å². The summed E-state index contributed by atoms with van der Waals surface area (Å²) in [5, 5.41) is 3.00. The standard InChI is InChI=1S/C15H30N2O/c1-3-5-6-12-7-9-13(10-8-12)15(18)17-11-14(16)4-2/h12-14H,3-11,16H2,1-2H3,(H,17,18). The number of hydrogen-bond donors (Lipinski definition) is 2. The van der Waals surface area contributed by atoms with Gasteiger partial charge in [-0.3, -0.25) is 4.79 Å². The quantitative estimate of drug-likeness (QED) is 0.734. The SMILES string of the molecule is CCCCC1CCC(C(=O)NCC(N)CC)CC1. The molecule has 1 aliphatic rings. The highest BCUT2D eigenvalue weighted by molar-refractivity contribution is 5.78. The maximum atomic E-state index is 12.0. The summed E-state index contributed by atoms with van der Waals surface area (Å²) in [7, 11) is 0. The molecule has 0 heterocycles. The van der Waals surface area contributed by atoms with Gasteiger partial charge in [-0.05, 0) is 38.0 Å². The van der Waals surface area contributed by atoms with Gasteiger partial charge in [-0.2, -0.15) is 0 Å². The van der Waals surface area contributed by atoms with Crippen LogP contribution in [-0.4, -0.2) is 18.5 Å². The zero-order chi connectivity index (χ0) is 13.4. The molecule has 0 aromatic rings. The van der Waals surface area contributed by atoms with E-state index in [1.165, 1.54) is 32.1 Å². The lowest BCUT2D eigenvalue weighted by Crippen LogP contribution is -2.40. The molecule has 0 bridgehead atoms. The van der Waals surface area contributed by atoms with Crippen LogP contribution in [-0.2, 0) is 4.79 Å². The zero-order valence-corrected chi connectivity index (χ0v) is 12.1. The molecule has 1 amide bonds. The summed E-state index contributed by atoms with van der Waals surface area (Å²) in [5.41, 5.74) is 5.81. The molecule has 1 unspecified atom stereocenters. The van der Waals surface area contributed by atoms with Crippen LogP contribution in [0.25, 0.3) is 0 Å². The Bertz CT molecular complexity index is 235. The van der Waals surface area contributed by atoms with Crippen molar-refractivity contribution in [1.29, 1.82) is 0 Å². The molecule has 0 aromatic heterocycles. The Balaban J connectivity index is 2.19. The Morgan fingerprint density at radius 2 is 1.94 bits per heavy atom. The van der Waals surface area contributed by atoms with E-state index < -0.39 is 0 Å². The van der Waals surface area contributed by atoms with Gasteiger partial charge in [-0.25, -0.2) is 0 Å². The highest BCUT2D eigenvalue weighted by atomic mass is 16.1. The lowest BCUT2D eigenvalue weighted by Gasteiger charge is -2.28. The predicted molar refractivity (Wildman–Crippen MR) is 76.2 cm³/mol. The van der Waals surface area contributed by atoms with Crippen molar-refractivity contribution in [3.63, 3.8) is 0 Å². The minimum atomic E-state index is 0.106. The van der Waals surface area contributed by atoms with Crippen molar-refractivity contribution in [2.24, 2.45) is 17.6 Å². The monoisotopic (exact) mass is 254 g/mol. The lowest BCUT2D eigenvalue weighted by atomic mass is 9.79. The number of unbranched alkanes of at least 4 members (excludes halogenated alkanes) is 1. The molecule has 3 nitrogen and oxygen atoms in total. The van der Waals surface area contributed by atoms with E-state index in [1.54, 1.807) is 0 Å². The summed E-state index contributed by atoms with van der Waals surface area (Å²) >= 11 is 0. The lowest BCUT2D eigenvalue weighted by molar-refractivity contribution is -0.126. The van der Waals surface area contributed by atoms with Crippen molar-refractivity contribution in [3.05, 3.63) is 0 Å². The summed E-state index contributed by atoms with van der Waals surface area (Å²) in [5.74, 6) is 1.34. The second kappa shape index (κ2) is 8.52. The molecular formula is C15H30N2O. The van der Waals surface area contributed by atoms with Gasteiger partial charge in [0, 0.05) is 18.5 Å². The highest BCUT2D eigenvalue weighted by Gasteiger charge is 2.25. The second-order valence-electron chi connectivity index (χ2n) is 5.77. The van der Waals surface area contributed by atoms with E-state index in [0.717, 1.165) is 25.2 Å². The van der Waals surface area contributed by atoms with Gasteiger partial charge in [-0.1, -0.05) is 33.1 Å². The molecule has 0 spiro atoms. The van der Waals surface area contributed by atoms with Crippen molar-refractivity contribution in [2.45, 2.75) is 71.3 Å². The van der Waals surface area contributed by atoms with E-state index in [9.17, 15) is 4.79 Å². The molecular weight excluding hydrogens is 224 g/mol. The average Bonchev–Trinajstić information content (AvgIpc) is 2.42. The summed E-state index contributed by atoms with van der Waals surface area (Å²) in [6.07, 6.45) is 9.51. The molecule has 18 heavy (non-hydrogen) atoms. The van der Waals surface area contributed by atoms with E-state index in [4.69, 9.17) is 5.73 Å². The first-order chi connectivity index (χ1) is 8.67. The van der Waals surface area contributed by atoms with Gasteiger partial charge < -0.3 is 11.1 Å². The smallest absolute Gasteiger partial charge is 0.223 e. The average molecular weight is 254 g/mol. The number of nitrogens with one attached hydrogen (secondary N) is 1. The first-order valence-corrected chi connectivity index (χ1v) is 7.70. The molecule has 0 saturated heterocycles. The van der Waals surface area contributed by atoms with Gasteiger partial charge in [0.25, 0.3) is 0 Å². The number of rotatable bonds is 7. The van der Waals surface area contributed by atoms with Crippen LogP contribution in [0.3, 0.4) is 0 Å². The summed E-state index contributed by atoms with van der Waals surface area (Å²) < 4.78 is 0. The van der Waals surface area contributed by atoms with Crippen LogP contribution in [0.1, 0.15) is 65.2 Å². The molecule has 3 N–H and O–H groups in total. The molecule has 106 valence electrons. The zero-order valence-electron chi connectivity index (χ0n) is 12.1. The fourth-order valence-corrected chi connectivity index (χ4v) is 2.73. The van der Waals surface area contributed by atoms with E-state index in [0.29, 0.717) is 6.54 Å². The van der Waals surface area contributed by atoms with E-state index in [-0.39, 0.29) is 17.9 Å². The number of hydrogen-bond acceptors (Lipinski definition) is 2. The Morgan fingerprint density at radius 1 is 1.28 bits per heavy atom. The van der Waals surface area contributed by atoms with Crippen LogP contribution in [0.15, 0.2) is 0 Å². The predicted octanol–water partition coefficient (Wildman–Crippen LogP) is 2.84. The number of carbonyl (C=O) groups is 1. The van der Waals surface area contributed by atoms with Crippen molar-refractivity contribution in [1.82, 2.24) is 5.32 Å². The Kier molecular flexibility index (Phi) is 7.33. The molecule has 1 rings (SSSR count). The first kappa shape index (κ1) is 15.5. The van der Waals surface area contributed by atoms with Crippen molar-refractivity contribution < 1.29 is 4.79 Å². The molecule has 3 heteroatoms. The fourth-order valence-electron chi connectivity index (χ4n) is 2.73. The molecule has 1 atom stereocenters. The first-order valence-electron chi connectivity index (χ1n) is 7.70. The third-order valence-electron chi connectivity index (χ3n) is 4.25. The van der Waals surface area contributed by atoms with Gasteiger partial charge in [0.05, 0.1) is 0 Å². The van der Waals surface area contributed by atoms with Crippen LogP contribution in [0, 0.1) is 11.8 Å². The van der Waals surface area contributed by atoms with E-state index in [1.807, 2.05) is 0 Å². The van der Waals surface area contributed by atoms with Crippen LogP contribution in [0.4, 0.5) is 0 Å². The highest BCUT2D eigenvalue weighted by Crippen LogP contribution is 2.31. The maximum Gasteiger partial charge on any atom is 0.223 e. The Hall–Kier alpha value is -0.570. The van der Waals surface area contributed by atoms with Crippen LogP contribution >= 0.6 is 0 Å². The fraction of sp³-hybridized carbons (Fsp3) is 0.933. The third kappa shape index (κ3) is 5.38. The molecule has 1 fully saturated rings. The van der Waals surface area contributed by atoms with Gasteiger partial charge in [0.15, 0.2) is 0 Å². The normalized spacial score (nSPS) is 25.7. The second-order valence-corrected chi connectivity index (χ2v) is 5.77. The summed E-state index contributed by atoms with van der Waals surface area (Å²) in [6.45, 7) is 4.93. The van der Waals surface area contributed by atoms with Crippen LogP contribution in [0.5, 0.6) is 0 Å². The molecule has 0 aromatic carbocycles. The molecule has 1 saturated carbocycles.